The summed E-state index contributed by atoms with van der Waals surface area (Å²) in [5, 5.41) is 0. The first kappa shape index (κ1) is 14.7. The zero-order chi connectivity index (χ0) is 14.6. The molecular weight excluding hydrogens is 272 g/mol. The van der Waals surface area contributed by atoms with Crippen LogP contribution in [-0.2, 0) is 23.1 Å². The molecular formula is C15H18N2O2S. The Kier molecular flexibility index (Phi) is 4.54. The third-order valence-corrected chi connectivity index (χ3v) is 4.64. The summed E-state index contributed by atoms with van der Waals surface area (Å²) in [6.07, 6.45) is 0. The topological polar surface area (TPSA) is 72.2 Å². The molecule has 0 aliphatic heterocycles. The van der Waals surface area contributed by atoms with Crippen molar-refractivity contribution in [2.45, 2.75) is 24.9 Å². The zero-order valence-corrected chi connectivity index (χ0v) is 12.2. The predicted octanol–water partition coefficient (Wildman–Crippen LogP) is 1.93. The van der Waals surface area contributed by atoms with Crippen LogP contribution in [0.15, 0.2) is 53.4 Å². The maximum absolute atomic E-state index is 12.2. The highest BCUT2D eigenvalue weighted by Crippen LogP contribution is 2.14. The van der Waals surface area contributed by atoms with E-state index >= 15 is 0 Å². The van der Waals surface area contributed by atoms with Gasteiger partial charge < -0.3 is 5.73 Å². The molecule has 0 fully saturated rings. The first-order chi connectivity index (χ1) is 9.53. The summed E-state index contributed by atoms with van der Waals surface area (Å²) in [5.41, 5.74) is 8.18. The number of benzene rings is 2. The molecule has 2 aromatic carbocycles. The molecule has 0 aliphatic rings. The van der Waals surface area contributed by atoms with Gasteiger partial charge in [0.25, 0.3) is 0 Å². The van der Waals surface area contributed by atoms with Crippen molar-refractivity contribution in [1.29, 1.82) is 0 Å². The van der Waals surface area contributed by atoms with Crippen LogP contribution in [0.25, 0.3) is 0 Å². The largest absolute Gasteiger partial charge is 0.326 e. The Balaban J connectivity index is 2.15. The highest BCUT2D eigenvalue weighted by atomic mass is 32.2. The lowest BCUT2D eigenvalue weighted by molar-refractivity contribution is 0.580. The maximum Gasteiger partial charge on any atom is 0.241 e. The van der Waals surface area contributed by atoms with E-state index in [0.29, 0.717) is 11.4 Å². The van der Waals surface area contributed by atoms with Crippen molar-refractivity contribution in [3.05, 3.63) is 65.2 Å². The number of nitrogens with one attached hydrogen (secondary N) is 1. The number of hydrogen-bond donors (Lipinski definition) is 2. The van der Waals surface area contributed by atoms with Crippen LogP contribution in [-0.4, -0.2) is 8.42 Å². The first-order valence-corrected chi connectivity index (χ1v) is 7.84. The van der Waals surface area contributed by atoms with E-state index in [4.69, 9.17) is 5.73 Å². The molecule has 4 nitrogen and oxygen atoms in total. The van der Waals surface area contributed by atoms with Gasteiger partial charge in [-0.15, -0.1) is 0 Å². The molecule has 0 spiro atoms. The lowest BCUT2D eigenvalue weighted by Gasteiger charge is -2.09. The molecule has 5 heteroatoms. The van der Waals surface area contributed by atoms with Crippen LogP contribution in [0, 0.1) is 6.92 Å². The van der Waals surface area contributed by atoms with E-state index in [-0.39, 0.29) is 6.54 Å². The van der Waals surface area contributed by atoms with Gasteiger partial charge in [0.05, 0.1) is 4.90 Å². The van der Waals surface area contributed by atoms with Crippen molar-refractivity contribution < 1.29 is 8.42 Å². The second-order valence-corrected chi connectivity index (χ2v) is 6.35. The number of sulfonamides is 1. The summed E-state index contributed by atoms with van der Waals surface area (Å²) in [7, 11) is -3.49. The zero-order valence-electron chi connectivity index (χ0n) is 11.3. The molecule has 0 amide bonds. The van der Waals surface area contributed by atoms with E-state index in [1.807, 2.05) is 30.3 Å². The molecule has 3 N–H and O–H groups in total. The Bertz CT molecular complexity index is 697. The van der Waals surface area contributed by atoms with Crippen LogP contribution < -0.4 is 10.5 Å². The van der Waals surface area contributed by atoms with Crippen LogP contribution in [0.5, 0.6) is 0 Å². The number of aryl methyl sites for hydroxylation is 1. The van der Waals surface area contributed by atoms with E-state index in [9.17, 15) is 8.42 Å². The number of rotatable bonds is 5. The summed E-state index contributed by atoms with van der Waals surface area (Å²) in [6.45, 7) is 2.48. The molecule has 0 radical (unpaired) electrons. The molecule has 0 bridgehead atoms. The average Bonchev–Trinajstić information content (AvgIpc) is 2.46. The highest BCUT2D eigenvalue weighted by molar-refractivity contribution is 7.89. The Labute approximate surface area is 119 Å². The Morgan fingerprint density at radius 1 is 1.05 bits per heavy atom. The predicted molar refractivity (Wildman–Crippen MR) is 79.5 cm³/mol. The summed E-state index contributed by atoms with van der Waals surface area (Å²) in [4.78, 5) is 0.315. The second-order valence-electron chi connectivity index (χ2n) is 4.61. The second kappa shape index (κ2) is 6.17. The Hall–Kier alpha value is -1.69. The summed E-state index contributed by atoms with van der Waals surface area (Å²) < 4.78 is 27.1. The molecule has 0 saturated carbocycles. The Morgan fingerprint density at radius 2 is 1.75 bits per heavy atom. The minimum Gasteiger partial charge on any atom is -0.326 e. The van der Waals surface area contributed by atoms with E-state index in [1.54, 1.807) is 25.1 Å². The third-order valence-electron chi connectivity index (χ3n) is 3.08. The van der Waals surface area contributed by atoms with Crippen molar-refractivity contribution >= 4 is 10.0 Å². The van der Waals surface area contributed by atoms with Gasteiger partial charge in [-0.25, -0.2) is 13.1 Å². The van der Waals surface area contributed by atoms with Gasteiger partial charge in [-0.05, 0) is 29.7 Å². The molecule has 2 aromatic rings. The normalized spacial score (nSPS) is 11.5. The van der Waals surface area contributed by atoms with Gasteiger partial charge >= 0.3 is 0 Å². The Morgan fingerprint density at radius 3 is 2.45 bits per heavy atom. The summed E-state index contributed by atoms with van der Waals surface area (Å²) >= 11 is 0. The molecule has 106 valence electrons. The molecule has 2 rings (SSSR count). The van der Waals surface area contributed by atoms with Gasteiger partial charge in [0.1, 0.15) is 0 Å². The van der Waals surface area contributed by atoms with Crippen molar-refractivity contribution in [2.75, 3.05) is 0 Å². The van der Waals surface area contributed by atoms with E-state index in [1.165, 1.54) is 0 Å². The van der Waals surface area contributed by atoms with Gasteiger partial charge in [-0.2, -0.15) is 0 Å². The summed E-state index contributed by atoms with van der Waals surface area (Å²) in [6, 6.07) is 14.5. The molecule has 20 heavy (non-hydrogen) atoms. The quantitative estimate of drug-likeness (QED) is 0.884. The molecule has 0 aliphatic carbocycles. The molecule has 0 saturated heterocycles. The van der Waals surface area contributed by atoms with E-state index in [0.717, 1.165) is 16.7 Å². The third kappa shape index (κ3) is 3.45. The van der Waals surface area contributed by atoms with Crippen molar-refractivity contribution in [2.24, 2.45) is 5.73 Å². The fraction of sp³-hybridized carbons (Fsp3) is 0.200. The fourth-order valence-corrected chi connectivity index (χ4v) is 3.24. The van der Waals surface area contributed by atoms with E-state index in [2.05, 4.69) is 4.72 Å². The van der Waals surface area contributed by atoms with Crippen molar-refractivity contribution in [3.8, 4) is 0 Å². The monoisotopic (exact) mass is 290 g/mol. The first-order valence-electron chi connectivity index (χ1n) is 6.36. The van der Waals surface area contributed by atoms with Gasteiger partial charge in [0.2, 0.25) is 10.0 Å². The van der Waals surface area contributed by atoms with Crippen LogP contribution in [0.4, 0.5) is 0 Å². The van der Waals surface area contributed by atoms with Gasteiger partial charge in [-0.3, -0.25) is 0 Å². The number of hydrogen-bond acceptors (Lipinski definition) is 3. The minimum absolute atomic E-state index is 0.254. The van der Waals surface area contributed by atoms with E-state index < -0.39 is 10.0 Å². The average molecular weight is 290 g/mol. The van der Waals surface area contributed by atoms with Crippen LogP contribution in [0.1, 0.15) is 16.7 Å². The summed E-state index contributed by atoms with van der Waals surface area (Å²) in [5.74, 6) is 0. The lowest BCUT2D eigenvalue weighted by atomic mass is 10.1. The highest BCUT2D eigenvalue weighted by Gasteiger charge is 2.15. The van der Waals surface area contributed by atoms with Crippen LogP contribution >= 0.6 is 0 Å². The van der Waals surface area contributed by atoms with Gasteiger partial charge in [0.15, 0.2) is 0 Å². The standard InChI is InChI=1S/C15H18N2O2S/c1-12-5-2-3-8-15(12)20(18,19)17-11-14-7-4-6-13(9-14)10-16/h2-9,17H,10-11,16H2,1H3. The van der Waals surface area contributed by atoms with Crippen molar-refractivity contribution in [1.82, 2.24) is 4.72 Å². The molecule has 0 atom stereocenters. The van der Waals surface area contributed by atoms with Crippen LogP contribution in [0.3, 0.4) is 0 Å². The van der Waals surface area contributed by atoms with Crippen molar-refractivity contribution in [3.63, 3.8) is 0 Å². The smallest absolute Gasteiger partial charge is 0.241 e. The van der Waals surface area contributed by atoms with Gasteiger partial charge in [-0.1, -0.05) is 42.5 Å². The van der Waals surface area contributed by atoms with Crippen LogP contribution in [0.2, 0.25) is 0 Å². The molecule has 0 unspecified atom stereocenters. The number of nitrogens with two attached hydrogens (primary N) is 1. The SMILES string of the molecule is Cc1ccccc1S(=O)(=O)NCc1cccc(CN)c1. The lowest BCUT2D eigenvalue weighted by Crippen LogP contribution is -2.24. The maximum atomic E-state index is 12.2. The fourth-order valence-electron chi connectivity index (χ4n) is 1.98. The molecule has 0 aromatic heterocycles. The van der Waals surface area contributed by atoms with Gasteiger partial charge in [0, 0.05) is 13.1 Å². The molecule has 0 heterocycles. The minimum atomic E-state index is -3.49.